The molecular formula is C26H24F3N3O4. The second kappa shape index (κ2) is 10.9. The van der Waals surface area contributed by atoms with Gasteiger partial charge in [-0.05, 0) is 18.2 Å². The van der Waals surface area contributed by atoms with E-state index in [1.165, 1.54) is 31.1 Å². The Morgan fingerprint density at radius 1 is 0.944 bits per heavy atom. The van der Waals surface area contributed by atoms with Crippen molar-refractivity contribution in [3.8, 4) is 0 Å². The topological polar surface area (TPSA) is 91.2 Å². The second-order valence-electron chi connectivity index (χ2n) is 8.07. The van der Waals surface area contributed by atoms with Crippen LogP contribution in [0.15, 0.2) is 90.1 Å². The zero-order chi connectivity index (χ0) is 26.3. The molecule has 0 bridgehead atoms. The maximum absolute atomic E-state index is 12.3. The van der Waals surface area contributed by atoms with Crippen LogP contribution in [0.2, 0.25) is 0 Å². The number of benzene rings is 3. The third-order valence-electron chi connectivity index (χ3n) is 5.30. The first kappa shape index (κ1) is 26.3. The van der Waals surface area contributed by atoms with E-state index in [9.17, 15) is 22.8 Å². The number of alkyl halides is 3. The van der Waals surface area contributed by atoms with Crippen molar-refractivity contribution in [2.45, 2.75) is 18.2 Å². The monoisotopic (exact) mass is 499 g/mol. The van der Waals surface area contributed by atoms with E-state index in [0.717, 1.165) is 23.3 Å². The summed E-state index contributed by atoms with van der Waals surface area (Å²) in [4.78, 5) is 29.2. The van der Waals surface area contributed by atoms with Gasteiger partial charge in [-0.2, -0.15) is 13.2 Å². The van der Waals surface area contributed by atoms with E-state index in [1.54, 1.807) is 0 Å². The third-order valence-corrected chi connectivity index (χ3v) is 5.30. The summed E-state index contributed by atoms with van der Waals surface area (Å²) in [6.45, 7) is 0. The van der Waals surface area contributed by atoms with Crippen LogP contribution in [0, 0.1) is 0 Å². The van der Waals surface area contributed by atoms with E-state index >= 15 is 0 Å². The molecule has 1 heterocycles. The molecule has 0 spiro atoms. The van der Waals surface area contributed by atoms with Gasteiger partial charge >= 0.3 is 18.2 Å². The third kappa shape index (κ3) is 6.21. The normalized spacial score (nSPS) is 14.0. The second-order valence-corrected chi connectivity index (χ2v) is 8.07. The van der Waals surface area contributed by atoms with Crippen molar-refractivity contribution < 1.29 is 32.7 Å². The van der Waals surface area contributed by atoms with Gasteiger partial charge < -0.3 is 20.2 Å². The Morgan fingerprint density at radius 3 is 1.94 bits per heavy atom. The average Bonchev–Trinajstić information content (AvgIpc) is 3.32. The Labute approximate surface area is 205 Å². The molecular weight excluding hydrogens is 475 g/mol. The van der Waals surface area contributed by atoms with Crippen LogP contribution in [0.25, 0.3) is 0 Å². The Kier molecular flexibility index (Phi) is 7.98. The molecule has 0 fully saturated rings. The number of nitrogens with zero attached hydrogens (tertiary/aromatic N) is 2. The molecule has 3 aromatic carbocycles. The van der Waals surface area contributed by atoms with Crippen molar-refractivity contribution in [3.63, 3.8) is 0 Å². The highest BCUT2D eigenvalue weighted by Crippen LogP contribution is 2.41. The molecule has 0 unspecified atom stereocenters. The van der Waals surface area contributed by atoms with E-state index in [4.69, 9.17) is 9.94 Å². The predicted molar refractivity (Wildman–Crippen MR) is 129 cm³/mol. The number of urea groups is 1. The summed E-state index contributed by atoms with van der Waals surface area (Å²) in [5, 5.41) is 15.2. The number of carboxylic acid groups (broad SMARTS) is 1. The summed E-state index contributed by atoms with van der Waals surface area (Å²) in [6.07, 6.45) is -4.19. The fourth-order valence-corrected chi connectivity index (χ4v) is 3.45. The van der Waals surface area contributed by atoms with Crippen LogP contribution in [0.3, 0.4) is 0 Å². The summed E-state index contributed by atoms with van der Waals surface area (Å²) >= 11 is 0. The minimum Gasteiger partial charge on any atom is -0.477 e. The van der Waals surface area contributed by atoms with Crippen molar-refractivity contribution in [1.82, 2.24) is 4.90 Å². The molecule has 0 atom stereocenters. The zero-order valence-corrected chi connectivity index (χ0v) is 19.5. The van der Waals surface area contributed by atoms with Gasteiger partial charge in [0, 0.05) is 30.9 Å². The largest absolute Gasteiger partial charge is 0.477 e. The van der Waals surface area contributed by atoms with E-state index < -0.39 is 29.3 Å². The molecule has 2 N–H and O–H groups in total. The van der Waals surface area contributed by atoms with Crippen molar-refractivity contribution in [3.05, 3.63) is 102 Å². The minimum absolute atomic E-state index is 0.0395. The summed E-state index contributed by atoms with van der Waals surface area (Å²) in [7, 11) is 3.01. The van der Waals surface area contributed by atoms with Crippen molar-refractivity contribution >= 4 is 23.4 Å². The number of hydrogen-bond acceptors (Lipinski definition) is 4. The van der Waals surface area contributed by atoms with E-state index in [1.807, 2.05) is 60.7 Å². The van der Waals surface area contributed by atoms with Crippen LogP contribution >= 0.6 is 0 Å². The van der Waals surface area contributed by atoms with Gasteiger partial charge in [0.05, 0.1) is 12.0 Å². The molecule has 7 nitrogen and oxygen atoms in total. The Hall–Kier alpha value is -4.34. The van der Waals surface area contributed by atoms with E-state index in [-0.39, 0.29) is 17.8 Å². The summed E-state index contributed by atoms with van der Waals surface area (Å²) in [6, 6.07) is 23.2. The summed E-state index contributed by atoms with van der Waals surface area (Å²) in [5.41, 5.74) is 0.309. The van der Waals surface area contributed by atoms with Gasteiger partial charge in [0.15, 0.2) is 11.3 Å². The zero-order valence-electron chi connectivity index (χ0n) is 19.5. The van der Waals surface area contributed by atoms with Gasteiger partial charge in [-0.1, -0.05) is 71.9 Å². The number of nitrogens with one attached hydrogen (secondary N) is 1. The highest BCUT2D eigenvalue weighted by Gasteiger charge is 2.44. The molecule has 3 aromatic rings. The first-order valence-electron chi connectivity index (χ1n) is 10.8. The van der Waals surface area contributed by atoms with Gasteiger partial charge in [-0.3, -0.25) is 0 Å². The van der Waals surface area contributed by atoms with Crippen LogP contribution in [0.1, 0.15) is 23.1 Å². The quantitative estimate of drug-likeness (QED) is 0.490. The van der Waals surface area contributed by atoms with Crippen molar-refractivity contribution in [2.24, 2.45) is 5.16 Å². The van der Waals surface area contributed by atoms with Gasteiger partial charge in [-0.15, -0.1) is 0 Å². The lowest BCUT2D eigenvalue weighted by molar-refractivity contribution is -0.137. The Morgan fingerprint density at radius 2 is 1.50 bits per heavy atom. The highest BCUT2D eigenvalue weighted by atomic mass is 19.4. The molecule has 4 rings (SSSR count). The number of rotatable bonds is 4. The lowest BCUT2D eigenvalue weighted by Gasteiger charge is -2.27. The van der Waals surface area contributed by atoms with Gasteiger partial charge in [-0.25, -0.2) is 9.59 Å². The summed E-state index contributed by atoms with van der Waals surface area (Å²) in [5.74, 6) is -1.04. The Bertz CT molecular complexity index is 1190. The molecule has 0 aliphatic carbocycles. The number of carbonyl (C=O) groups is 2. The van der Waals surface area contributed by atoms with Crippen LogP contribution in [0.4, 0.5) is 23.7 Å². The number of aliphatic carboxylic acids is 1. The molecule has 188 valence electrons. The number of anilines is 1. The maximum atomic E-state index is 12.3. The molecule has 1 aliphatic rings. The molecule has 36 heavy (non-hydrogen) atoms. The Balaban J connectivity index is 0.000000207. The lowest BCUT2D eigenvalue weighted by Crippen LogP contribution is -2.29. The van der Waals surface area contributed by atoms with Crippen LogP contribution < -0.4 is 5.32 Å². The molecule has 0 saturated heterocycles. The van der Waals surface area contributed by atoms with Gasteiger partial charge in [0.2, 0.25) is 0 Å². The fourth-order valence-electron chi connectivity index (χ4n) is 3.45. The highest BCUT2D eigenvalue weighted by molar-refractivity contribution is 6.36. The fraction of sp³-hybridized carbons (Fsp3) is 0.192. The van der Waals surface area contributed by atoms with Crippen molar-refractivity contribution in [2.75, 3.05) is 19.4 Å². The SMILES string of the molecule is CN(C)C(=O)Nc1cccc(C(F)(F)F)c1.O=C(O)C1=NOC(c2ccccc2)(c2ccccc2)C1. The van der Waals surface area contributed by atoms with Gasteiger partial charge in [0.1, 0.15) is 0 Å². The molecule has 0 saturated carbocycles. The molecule has 0 radical (unpaired) electrons. The standard InChI is InChI=1S/C16H13NO3.C10H11F3N2O/c18-15(19)14-11-16(20-17-14,12-7-3-1-4-8-12)13-9-5-2-6-10-13;1-15(2)9(16)14-8-5-3-4-7(6-8)10(11,12)13/h1-10H,11H2,(H,18,19);3-6H,1-2H3,(H,14,16). The number of carbonyl (C=O) groups excluding carboxylic acids is 1. The number of amides is 2. The first-order chi connectivity index (χ1) is 17.0. The molecule has 1 aliphatic heterocycles. The number of oxime groups is 1. The molecule has 2 amide bonds. The van der Waals surface area contributed by atoms with Gasteiger partial charge in [0.25, 0.3) is 0 Å². The van der Waals surface area contributed by atoms with E-state index in [2.05, 4.69) is 10.5 Å². The summed E-state index contributed by atoms with van der Waals surface area (Å²) < 4.78 is 37.0. The minimum atomic E-state index is -4.40. The van der Waals surface area contributed by atoms with E-state index in [0.29, 0.717) is 0 Å². The number of hydrogen-bond donors (Lipinski definition) is 2. The average molecular weight is 499 g/mol. The van der Waals surface area contributed by atoms with Crippen LogP contribution in [0.5, 0.6) is 0 Å². The first-order valence-corrected chi connectivity index (χ1v) is 10.8. The van der Waals surface area contributed by atoms with Crippen molar-refractivity contribution in [1.29, 1.82) is 0 Å². The molecule has 10 heteroatoms. The van der Waals surface area contributed by atoms with Crippen LogP contribution in [-0.2, 0) is 21.4 Å². The molecule has 0 aromatic heterocycles. The predicted octanol–water partition coefficient (Wildman–Crippen LogP) is 5.59. The smallest absolute Gasteiger partial charge is 0.416 e. The lowest BCUT2D eigenvalue weighted by atomic mass is 9.82. The maximum Gasteiger partial charge on any atom is 0.416 e. The number of halogens is 3. The van der Waals surface area contributed by atoms with Crippen LogP contribution in [-0.4, -0.2) is 41.8 Å². The number of carboxylic acids is 1.